The zero-order valence-corrected chi connectivity index (χ0v) is 8.54. The van der Waals surface area contributed by atoms with E-state index in [-0.39, 0.29) is 11.5 Å². The van der Waals surface area contributed by atoms with E-state index in [1.807, 2.05) is 0 Å². The van der Waals surface area contributed by atoms with Crippen LogP contribution in [0.1, 0.15) is 17.2 Å². The minimum absolute atomic E-state index is 0.0584. The Morgan fingerprint density at radius 2 is 1.44 bits per heavy atom. The van der Waals surface area contributed by atoms with E-state index in [1.165, 1.54) is 18.2 Å². The molecule has 0 amide bonds. The van der Waals surface area contributed by atoms with Crippen molar-refractivity contribution in [3.8, 4) is 11.5 Å². The van der Waals surface area contributed by atoms with Crippen molar-refractivity contribution in [2.45, 2.75) is 6.10 Å². The molecule has 0 saturated carbocycles. The molecule has 2 aromatic carbocycles. The van der Waals surface area contributed by atoms with Crippen LogP contribution in [0.25, 0.3) is 0 Å². The van der Waals surface area contributed by atoms with Crippen LogP contribution in [0.15, 0.2) is 48.5 Å². The maximum Gasteiger partial charge on any atom is 0.121 e. The van der Waals surface area contributed by atoms with Crippen molar-refractivity contribution in [1.82, 2.24) is 0 Å². The highest BCUT2D eigenvalue weighted by Crippen LogP contribution is 2.29. The second-order valence-electron chi connectivity index (χ2n) is 3.55. The van der Waals surface area contributed by atoms with E-state index < -0.39 is 6.10 Å². The molecule has 16 heavy (non-hydrogen) atoms. The Morgan fingerprint density at radius 3 is 2.06 bits per heavy atom. The summed E-state index contributed by atoms with van der Waals surface area (Å²) in [5, 5.41) is 28.7. The summed E-state index contributed by atoms with van der Waals surface area (Å²) in [5.41, 5.74) is 1.08. The second-order valence-corrected chi connectivity index (χ2v) is 3.55. The monoisotopic (exact) mass is 216 g/mol. The Hall–Kier alpha value is -2.00. The van der Waals surface area contributed by atoms with Crippen molar-refractivity contribution in [3.05, 3.63) is 59.7 Å². The predicted molar refractivity (Wildman–Crippen MR) is 60.3 cm³/mol. The van der Waals surface area contributed by atoms with Gasteiger partial charge < -0.3 is 15.3 Å². The number of phenolic OH excluding ortho intramolecular Hbond substituents is 2. The lowest BCUT2D eigenvalue weighted by atomic mass is 10.0. The molecule has 0 aliphatic carbocycles. The third-order valence-electron chi connectivity index (χ3n) is 2.44. The first-order valence-electron chi connectivity index (χ1n) is 4.93. The van der Waals surface area contributed by atoms with Gasteiger partial charge in [-0.25, -0.2) is 0 Å². The summed E-state index contributed by atoms with van der Waals surface area (Å²) in [5.74, 6) is 0.205. The molecule has 82 valence electrons. The summed E-state index contributed by atoms with van der Waals surface area (Å²) in [6.45, 7) is 0. The van der Waals surface area contributed by atoms with E-state index in [9.17, 15) is 10.2 Å². The highest BCUT2D eigenvalue weighted by atomic mass is 16.3. The van der Waals surface area contributed by atoms with Gasteiger partial charge in [-0.05, 0) is 23.8 Å². The number of para-hydroxylation sites is 1. The maximum absolute atomic E-state index is 10.0. The third kappa shape index (κ3) is 1.99. The van der Waals surface area contributed by atoms with Crippen LogP contribution in [0.4, 0.5) is 0 Å². The Kier molecular flexibility index (Phi) is 2.79. The van der Waals surface area contributed by atoms with Gasteiger partial charge in [0.05, 0.1) is 0 Å². The van der Waals surface area contributed by atoms with Gasteiger partial charge in [0.1, 0.15) is 17.6 Å². The molecule has 3 N–H and O–H groups in total. The number of phenols is 2. The summed E-state index contributed by atoms with van der Waals surface area (Å²) in [7, 11) is 0. The van der Waals surface area contributed by atoms with E-state index in [0.29, 0.717) is 11.1 Å². The van der Waals surface area contributed by atoms with Gasteiger partial charge in [0.25, 0.3) is 0 Å². The van der Waals surface area contributed by atoms with Crippen molar-refractivity contribution < 1.29 is 15.3 Å². The summed E-state index contributed by atoms with van der Waals surface area (Å²) >= 11 is 0. The average molecular weight is 216 g/mol. The van der Waals surface area contributed by atoms with E-state index in [1.54, 1.807) is 30.3 Å². The molecular formula is C13H12O3. The minimum atomic E-state index is -0.887. The first kappa shape index (κ1) is 10.5. The lowest BCUT2D eigenvalue weighted by Gasteiger charge is -2.12. The quantitative estimate of drug-likeness (QED) is 0.721. The number of aliphatic hydroxyl groups is 1. The zero-order valence-electron chi connectivity index (χ0n) is 8.54. The van der Waals surface area contributed by atoms with Crippen LogP contribution in [-0.2, 0) is 0 Å². The SMILES string of the molecule is Oc1ccc([C@H](O)c2ccccc2O)cc1. The fourth-order valence-corrected chi connectivity index (χ4v) is 1.55. The molecule has 3 heteroatoms. The molecule has 3 nitrogen and oxygen atoms in total. The maximum atomic E-state index is 10.0. The first-order chi connectivity index (χ1) is 7.68. The number of hydrogen-bond acceptors (Lipinski definition) is 3. The van der Waals surface area contributed by atoms with Crippen molar-refractivity contribution >= 4 is 0 Å². The van der Waals surface area contributed by atoms with Gasteiger partial charge in [-0.1, -0.05) is 30.3 Å². The van der Waals surface area contributed by atoms with Gasteiger partial charge in [0.2, 0.25) is 0 Å². The molecule has 0 saturated heterocycles. The fourth-order valence-electron chi connectivity index (χ4n) is 1.55. The van der Waals surface area contributed by atoms with Crippen LogP contribution in [0, 0.1) is 0 Å². The average Bonchev–Trinajstić information content (AvgIpc) is 2.30. The van der Waals surface area contributed by atoms with Crippen LogP contribution >= 0.6 is 0 Å². The lowest BCUT2D eigenvalue weighted by Crippen LogP contribution is -1.99. The van der Waals surface area contributed by atoms with E-state index in [2.05, 4.69) is 0 Å². The minimum Gasteiger partial charge on any atom is -0.508 e. The van der Waals surface area contributed by atoms with Gasteiger partial charge in [-0.15, -0.1) is 0 Å². The summed E-state index contributed by atoms with van der Waals surface area (Å²) in [4.78, 5) is 0. The standard InChI is InChI=1S/C13H12O3/c14-10-7-5-9(6-8-10)13(16)11-3-1-2-4-12(11)15/h1-8,13-16H/t13-/m0/s1. The summed E-state index contributed by atoms with van der Waals surface area (Å²) in [6, 6.07) is 12.9. The van der Waals surface area contributed by atoms with Crippen molar-refractivity contribution in [2.24, 2.45) is 0 Å². The Labute approximate surface area is 93.2 Å². The molecule has 0 spiro atoms. The van der Waals surface area contributed by atoms with E-state index in [4.69, 9.17) is 5.11 Å². The normalized spacial score (nSPS) is 12.3. The van der Waals surface area contributed by atoms with Crippen LogP contribution < -0.4 is 0 Å². The number of aliphatic hydroxyl groups excluding tert-OH is 1. The molecule has 0 unspecified atom stereocenters. The molecular weight excluding hydrogens is 204 g/mol. The molecule has 0 fully saturated rings. The van der Waals surface area contributed by atoms with Crippen molar-refractivity contribution in [2.75, 3.05) is 0 Å². The summed E-state index contributed by atoms with van der Waals surface area (Å²) < 4.78 is 0. The molecule has 0 heterocycles. The molecule has 0 radical (unpaired) electrons. The van der Waals surface area contributed by atoms with Crippen LogP contribution in [-0.4, -0.2) is 15.3 Å². The number of hydrogen-bond donors (Lipinski definition) is 3. The van der Waals surface area contributed by atoms with Crippen LogP contribution in [0.3, 0.4) is 0 Å². The Bertz CT molecular complexity index is 477. The number of benzene rings is 2. The van der Waals surface area contributed by atoms with Gasteiger partial charge in [0.15, 0.2) is 0 Å². The third-order valence-corrected chi connectivity index (χ3v) is 2.44. The van der Waals surface area contributed by atoms with Gasteiger partial charge >= 0.3 is 0 Å². The highest BCUT2D eigenvalue weighted by Gasteiger charge is 2.13. The predicted octanol–water partition coefficient (Wildman–Crippen LogP) is 2.18. The van der Waals surface area contributed by atoms with Crippen LogP contribution in [0.5, 0.6) is 11.5 Å². The van der Waals surface area contributed by atoms with Gasteiger partial charge in [-0.3, -0.25) is 0 Å². The summed E-state index contributed by atoms with van der Waals surface area (Å²) in [6.07, 6.45) is -0.887. The molecule has 0 bridgehead atoms. The van der Waals surface area contributed by atoms with Gasteiger partial charge in [-0.2, -0.15) is 0 Å². The van der Waals surface area contributed by atoms with E-state index >= 15 is 0 Å². The number of aromatic hydroxyl groups is 2. The molecule has 0 aliphatic heterocycles. The lowest BCUT2D eigenvalue weighted by molar-refractivity contribution is 0.215. The topological polar surface area (TPSA) is 60.7 Å². The van der Waals surface area contributed by atoms with Gasteiger partial charge in [0, 0.05) is 5.56 Å². The second kappa shape index (κ2) is 4.24. The van der Waals surface area contributed by atoms with Crippen molar-refractivity contribution in [1.29, 1.82) is 0 Å². The molecule has 2 rings (SSSR count). The molecule has 0 aliphatic rings. The first-order valence-corrected chi connectivity index (χ1v) is 4.93. The Morgan fingerprint density at radius 1 is 0.812 bits per heavy atom. The smallest absolute Gasteiger partial charge is 0.121 e. The van der Waals surface area contributed by atoms with Crippen molar-refractivity contribution in [3.63, 3.8) is 0 Å². The molecule has 2 aromatic rings. The fraction of sp³-hybridized carbons (Fsp3) is 0.0769. The zero-order chi connectivity index (χ0) is 11.5. The van der Waals surface area contributed by atoms with Crippen LogP contribution in [0.2, 0.25) is 0 Å². The Balaban J connectivity index is 2.35. The largest absolute Gasteiger partial charge is 0.508 e. The highest BCUT2D eigenvalue weighted by molar-refractivity contribution is 5.40. The number of rotatable bonds is 2. The van der Waals surface area contributed by atoms with E-state index in [0.717, 1.165) is 0 Å². The molecule has 1 atom stereocenters. The molecule has 0 aromatic heterocycles.